The highest BCUT2D eigenvalue weighted by Gasteiger charge is 1.86. The van der Waals surface area contributed by atoms with Crippen molar-refractivity contribution in [1.82, 2.24) is 0 Å². The number of hydrogen-bond donors (Lipinski definition) is 0. The van der Waals surface area contributed by atoms with E-state index in [1.165, 1.54) is 5.56 Å². The lowest BCUT2D eigenvalue weighted by Crippen LogP contribution is -1.78. The van der Waals surface area contributed by atoms with Crippen molar-refractivity contribution in [3.05, 3.63) is 47.0 Å². The second-order valence-corrected chi connectivity index (χ2v) is 3.08. The molecule has 0 aliphatic rings. The fraction of sp³-hybridized carbons (Fsp3) is 0.200. The summed E-state index contributed by atoms with van der Waals surface area (Å²) in [5, 5.41) is 0.855. The molecule has 0 saturated carbocycles. The Hall–Kier alpha value is -0.750. The summed E-state index contributed by atoms with van der Waals surface area (Å²) in [6.07, 6.45) is 2.94. The second-order valence-electron chi connectivity index (χ2n) is 2.48. The van der Waals surface area contributed by atoms with E-state index in [0.717, 1.165) is 11.5 Å². The van der Waals surface area contributed by atoms with E-state index >= 15 is 0 Å². The number of hydrogen-bond acceptors (Lipinski definition) is 0. The van der Waals surface area contributed by atoms with Crippen molar-refractivity contribution in [3.63, 3.8) is 0 Å². The van der Waals surface area contributed by atoms with E-state index in [0.29, 0.717) is 0 Å². The van der Waals surface area contributed by atoms with Crippen LogP contribution >= 0.6 is 11.6 Å². The third-order valence-electron chi connectivity index (χ3n) is 1.46. The fourth-order valence-electron chi connectivity index (χ4n) is 0.873. The molecule has 0 unspecified atom stereocenters. The molecule has 11 heavy (non-hydrogen) atoms. The molecule has 1 aromatic rings. The lowest BCUT2D eigenvalue weighted by molar-refractivity contribution is 1.26. The van der Waals surface area contributed by atoms with Crippen LogP contribution in [0.2, 0.25) is 0 Å². The standard InChI is InChI=1S/C10H11Cl/c1-9(11)7-8-10-5-3-2-4-6-10/h2-7H,8H2,1H3/b9-7+. The van der Waals surface area contributed by atoms with E-state index < -0.39 is 0 Å². The third-order valence-corrected chi connectivity index (χ3v) is 1.62. The van der Waals surface area contributed by atoms with E-state index in [1.54, 1.807) is 0 Å². The number of benzene rings is 1. The molecule has 0 aliphatic carbocycles. The van der Waals surface area contributed by atoms with E-state index in [9.17, 15) is 0 Å². The summed E-state index contributed by atoms with van der Waals surface area (Å²) in [6.45, 7) is 1.89. The molecule has 0 saturated heterocycles. The van der Waals surface area contributed by atoms with Crippen LogP contribution in [0.1, 0.15) is 12.5 Å². The summed E-state index contributed by atoms with van der Waals surface area (Å²) in [6, 6.07) is 10.3. The third kappa shape index (κ3) is 3.24. The smallest absolute Gasteiger partial charge is 0.0113 e. The maximum absolute atomic E-state index is 5.69. The Morgan fingerprint density at radius 1 is 1.36 bits per heavy atom. The van der Waals surface area contributed by atoms with Crippen LogP contribution in [0.4, 0.5) is 0 Å². The van der Waals surface area contributed by atoms with Crippen molar-refractivity contribution in [3.8, 4) is 0 Å². The van der Waals surface area contributed by atoms with Gasteiger partial charge < -0.3 is 0 Å². The minimum Gasteiger partial charge on any atom is -0.0898 e. The largest absolute Gasteiger partial charge is 0.0898 e. The summed E-state index contributed by atoms with van der Waals surface area (Å²) < 4.78 is 0. The molecule has 1 aromatic carbocycles. The van der Waals surface area contributed by atoms with E-state index in [4.69, 9.17) is 11.6 Å². The van der Waals surface area contributed by atoms with Crippen LogP contribution in [0, 0.1) is 0 Å². The van der Waals surface area contributed by atoms with Gasteiger partial charge in [-0.05, 0) is 18.9 Å². The SMILES string of the molecule is C/C(Cl)=C\Cc1ccccc1. The van der Waals surface area contributed by atoms with Gasteiger partial charge in [0.05, 0.1) is 0 Å². The topological polar surface area (TPSA) is 0 Å². The summed E-state index contributed by atoms with van der Waals surface area (Å²) in [4.78, 5) is 0. The lowest BCUT2D eigenvalue weighted by Gasteiger charge is -1.93. The van der Waals surface area contributed by atoms with Gasteiger partial charge in [0.25, 0.3) is 0 Å². The first-order chi connectivity index (χ1) is 5.29. The van der Waals surface area contributed by atoms with Crippen molar-refractivity contribution in [2.24, 2.45) is 0 Å². The quantitative estimate of drug-likeness (QED) is 0.632. The lowest BCUT2D eigenvalue weighted by atomic mass is 10.1. The normalized spacial score (nSPS) is 11.6. The van der Waals surface area contributed by atoms with Crippen LogP contribution in [0.15, 0.2) is 41.4 Å². The highest BCUT2D eigenvalue weighted by Crippen LogP contribution is 2.04. The Bertz CT molecular complexity index is 232. The molecule has 0 fully saturated rings. The number of halogens is 1. The van der Waals surface area contributed by atoms with Gasteiger partial charge in [-0.1, -0.05) is 48.0 Å². The maximum atomic E-state index is 5.69. The molecule has 58 valence electrons. The first-order valence-corrected chi connectivity index (χ1v) is 4.03. The number of allylic oxidation sites excluding steroid dienone is 2. The highest BCUT2D eigenvalue weighted by atomic mass is 35.5. The molecule has 0 heterocycles. The van der Waals surface area contributed by atoms with Gasteiger partial charge in [0, 0.05) is 5.03 Å². The minimum absolute atomic E-state index is 0.855. The Morgan fingerprint density at radius 2 is 2.00 bits per heavy atom. The van der Waals surface area contributed by atoms with Crippen molar-refractivity contribution >= 4 is 11.6 Å². The summed E-state index contributed by atoms with van der Waals surface area (Å²) in [5.41, 5.74) is 1.30. The predicted octanol–water partition coefficient (Wildman–Crippen LogP) is 3.37. The summed E-state index contributed by atoms with van der Waals surface area (Å²) in [5.74, 6) is 0. The molecule has 1 rings (SSSR count). The van der Waals surface area contributed by atoms with Crippen molar-refractivity contribution < 1.29 is 0 Å². The molecular formula is C10H11Cl. The molecule has 0 nitrogen and oxygen atoms in total. The fourth-order valence-corrected chi connectivity index (χ4v) is 0.950. The average Bonchev–Trinajstić information content (AvgIpc) is 2.03. The molecule has 0 aliphatic heterocycles. The van der Waals surface area contributed by atoms with E-state index in [2.05, 4.69) is 12.1 Å². The molecule has 0 radical (unpaired) electrons. The molecule has 0 aromatic heterocycles. The van der Waals surface area contributed by atoms with Gasteiger partial charge in [-0.3, -0.25) is 0 Å². The summed E-state index contributed by atoms with van der Waals surface area (Å²) in [7, 11) is 0. The van der Waals surface area contributed by atoms with Crippen LogP contribution in [0.25, 0.3) is 0 Å². The van der Waals surface area contributed by atoms with E-state index in [1.807, 2.05) is 31.2 Å². The van der Waals surface area contributed by atoms with E-state index in [-0.39, 0.29) is 0 Å². The van der Waals surface area contributed by atoms with Crippen LogP contribution < -0.4 is 0 Å². The molecule has 0 N–H and O–H groups in total. The van der Waals surface area contributed by atoms with Crippen molar-refractivity contribution in [2.75, 3.05) is 0 Å². The van der Waals surface area contributed by atoms with Crippen molar-refractivity contribution in [1.29, 1.82) is 0 Å². The van der Waals surface area contributed by atoms with Crippen LogP contribution in [-0.2, 0) is 6.42 Å². The molecule has 0 spiro atoms. The van der Waals surface area contributed by atoms with Crippen LogP contribution in [0.5, 0.6) is 0 Å². The summed E-state index contributed by atoms with van der Waals surface area (Å²) >= 11 is 5.69. The zero-order chi connectivity index (χ0) is 8.10. The Morgan fingerprint density at radius 3 is 2.55 bits per heavy atom. The van der Waals surface area contributed by atoms with Gasteiger partial charge in [-0.15, -0.1) is 0 Å². The second kappa shape index (κ2) is 4.20. The van der Waals surface area contributed by atoms with Gasteiger partial charge in [-0.25, -0.2) is 0 Å². The highest BCUT2D eigenvalue weighted by molar-refractivity contribution is 6.29. The zero-order valence-electron chi connectivity index (χ0n) is 6.55. The Balaban J connectivity index is 2.59. The van der Waals surface area contributed by atoms with Gasteiger partial charge in [-0.2, -0.15) is 0 Å². The molecule has 0 atom stereocenters. The first-order valence-electron chi connectivity index (χ1n) is 3.65. The Kier molecular flexibility index (Phi) is 3.18. The van der Waals surface area contributed by atoms with Gasteiger partial charge in [0.15, 0.2) is 0 Å². The molecule has 0 bridgehead atoms. The first kappa shape index (κ1) is 8.35. The van der Waals surface area contributed by atoms with Gasteiger partial charge in [0.2, 0.25) is 0 Å². The van der Waals surface area contributed by atoms with Gasteiger partial charge in [0.1, 0.15) is 0 Å². The Labute approximate surface area is 72.5 Å². The van der Waals surface area contributed by atoms with Crippen LogP contribution in [-0.4, -0.2) is 0 Å². The zero-order valence-corrected chi connectivity index (χ0v) is 7.31. The van der Waals surface area contributed by atoms with Crippen molar-refractivity contribution in [2.45, 2.75) is 13.3 Å². The average molecular weight is 167 g/mol. The maximum Gasteiger partial charge on any atom is 0.0113 e. The molecule has 1 heteroatoms. The predicted molar refractivity (Wildman–Crippen MR) is 49.8 cm³/mol. The number of rotatable bonds is 2. The van der Waals surface area contributed by atoms with Crippen LogP contribution in [0.3, 0.4) is 0 Å². The molecular weight excluding hydrogens is 156 g/mol. The van der Waals surface area contributed by atoms with Gasteiger partial charge >= 0.3 is 0 Å². The minimum atomic E-state index is 0.855. The monoisotopic (exact) mass is 166 g/mol. The molecule has 0 amide bonds.